The molecule has 0 saturated carbocycles. The summed E-state index contributed by atoms with van der Waals surface area (Å²) < 4.78 is 7.16. The maximum absolute atomic E-state index is 12.1. The van der Waals surface area contributed by atoms with E-state index in [4.69, 9.17) is 4.74 Å². The number of benzene rings is 1. The molecule has 0 unspecified atom stereocenters. The van der Waals surface area contributed by atoms with Crippen LogP contribution in [0.4, 0.5) is 5.69 Å². The molecule has 2 aromatic rings. The molecule has 1 heterocycles. The molecule has 0 atom stereocenters. The van der Waals surface area contributed by atoms with E-state index < -0.39 is 0 Å². The van der Waals surface area contributed by atoms with E-state index in [1.54, 1.807) is 29.0 Å². The minimum atomic E-state index is -0.0359. The van der Waals surface area contributed by atoms with Crippen molar-refractivity contribution in [1.29, 1.82) is 0 Å². The number of nitrogens with zero attached hydrogens (tertiary/aromatic N) is 4. The monoisotopic (exact) mass is 300 g/mol. The van der Waals surface area contributed by atoms with Crippen molar-refractivity contribution < 1.29 is 9.53 Å². The van der Waals surface area contributed by atoms with Crippen LogP contribution in [0.2, 0.25) is 0 Å². The van der Waals surface area contributed by atoms with Gasteiger partial charge in [-0.1, -0.05) is 17.7 Å². The molecule has 6 heteroatoms. The first-order valence-corrected chi connectivity index (χ1v) is 7.01. The molecule has 0 aliphatic heterocycles. The Morgan fingerprint density at radius 3 is 2.77 bits per heavy atom. The van der Waals surface area contributed by atoms with Crippen molar-refractivity contribution in [3.8, 4) is 5.75 Å². The van der Waals surface area contributed by atoms with Gasteiger partial charge in [-0.2, -0.15) is 5.10 Å². The van der Waals surface area contributed by atoms with Gasteiger partial charge in [0.25, 0.3) is 0 Å². The Hall–Kier alpha value is -2.63. The van der Waals surface area contributed by atoms with E-state index in [-0.39, 0.29) is 12.5 Å². The number of hydrogen-bond donors (Lipinski definition) is 0. The molecule has 1 aromatic carbocycles. The summed E-state index contributed by atoms with van der Waals surface area (Å²) in [6, 6.07) is 7.83. The van der Waals surface area contributed by atoms with Gasteiger partial charge in [0, 0.05) is 7.05 Å². The molecule has 1 aromatic heterocycles. The van der Waals surface area contributed by atoms with E-state index in [0.717, 1.165) is 5.75 Å². The van der Waals surface area contributed by atoms with Gasteiger partial charge in [-0.15, -0.1) is 0 Å². The average molecular weight is 300 g/mol. The summed E-state index contributed by atoms with van der Waals surface area (Å²) in [6.07, 6.45) is 3.25. The number of aromatic nitrogens is 2. The largest absolute Gasteiger partial charge is 0.492 e. The molecule has 0 radical (unpaired) electrons. The fraction of sp³-hybridized carbons (Fsp3) is 0.312. The van der Waals surface area contributed by atoms with Crippen molar-refractivity contribution in [2.75, 3.05) is 20.2 Å². The van der Waals surface area contributed by atoms with Crippen LogP contribution in [0.5, 0.6) is 5.75 Å². The number of rotatable bonds is 7. The molecule has 6 nitrogen and oxygen atoms in total. The second-order valence-electron chi connectivity index (χ2n) is 5.03. The lowest BCUT2D eigenvalue weighted by Gasteiger charge is -2.17. The molecule has 0 spiro atoms. The van der Waals surface area contributed by atoms with E-state index in [1.807, 2.05) is 31.2 Å². The first-order valence-electron chi connectivity index (χ1n) is 7.01. The van der Waals surface area contributed by atoms with Gasteiger partial charge in [0.05, 0.1) is 18.9 Å². The summed E-state index contributed by atoms with van der Waals surface area (Å²) >= 11 is 0. The quantitative estimate of drug-likeness (QED) is 0.735. The number of carbonyl (C=O) groups excluding carboxylic acids is 1. The van der Waals surface area contributed by atoms with Gasteiger partial charge in [0.1, 0.15) is 24.6 Å². The molecular formula is C16H20N4O2. The molecule has 0 aliphatic rings. The third kappa shape index (κ3) is 4.44. The maximum Gasteiger partial charge on any atom is 0.244 e. The Balaban J connectivity index is 1.76. The van der Waals surface area contributed by atoms with Crippen LogP contribution in [0.15, 0.2) is 41.7 Å². The van der Waals surface area contributed by atoms with Crippen LogP contribution >= 0.6 is 0 Å². The van der Waals surface area contributed by atoms with E-state index in [1.165, 1.54) is 5.56 Å². The van der Waals surface area contributed by atoms with E-state index >= 15 is 0 Å². The molecule has 2 rings (SSSR count). The van der Waals surface area contributed by atoms with Crippen LogP contribution in [0.1, 0.15) is 5.56 Å². The second kappa shape index (κ2) is 7.40. The molecule has 0 fully saturated rings. The summed E-state index contributed by atoms with van der Waals surface area (Å²) in [5.41, 5.74) is 1.84. The van der Waals surface area contributed by atoms with Crippen LogP contribution < -0.4 is 4.74 Å². The highest BCUT2D eigenvalue weighted by molar-refractivity contribution is 5.75. The number of likely N-dealkylation sites (N-methyl/N-ethyl adjacent to an activating group) is 1. The van der Waals surface area contributed by atoms with E-state index in [9.17, 15) is 4.79 Å². The first-order chi connectivity index (χ1) is 10.6. The fourth-order valence-corrected chi connectivity index (χ4v) is 1.84. The van der Waals surface area contributed by atoms with E-state index in [0.29, 0.717) is 18.8 Å². The zero-order valence-electron chi connectivity index (χ0n) is 12.9. The highest BCUT2D eigenvalue weighted by atomic mass is 16.5. The van der Waals surface area contributed by atoms with Gasteiger partial charge >= 0.3 is 0 Å². The maximum atomic E-state index is 12.1. The Bertz CT molecular complexity index is 634. The average Bonchev–Trinajstić information content (AvgIpc) is 2.96. The third-order valence-electron chi connectivity index (χ3n) is 3.24. The SMILES string of the molecule is C=Nc1cnn(CC(=O)N(C)CCOc2ccc(C)cc2)c1. The lowest BCUT2D eigenvalue weighted by atomic mass is 10.2. The topological polar surface area (TPSA) is 59.7 Å². The summed E-state index contributed by atoms with van der Waals surface area (Å²) in [4.78, 5) is 17.4. The Morgan fingerprint density at radius 2 is 2.14 bits per heavy atom. The highest BCUT2D eigenvalue weighted by Gasteiger charge is 2.10. The van der Waals surface area contributed by atoms with Crippen molar-refractivity contribution in [2.45, 2.75) is 13.5 Å². The first kappa shape index (κ1) is 15.8. The van der Waals surface area contributed by atoms with Gasteiger partial charge in [0.15, 0.2) is 0 Å². The van der Waals surface area contributed by atoms with E-state index in [2.05, 4.69) is 16.8 Å². The van der Waals surface area contributed by atoms with Crippen molar-refractivity contribution in [3.63, 3.8) is 0 Å². The van der Waals surface area contributed by atoms with Gasteiger partial charge in [-0.3, -0.25) is 14.5 Å². The van der Waals surface area contributed by atoms with Crippen LogP contribution in [-0.2, 0) is 11.3 Å². The highest BCUT2D eigenvalue weighted by Crippen LogP contribution is 2.11. The normalized spacial score (nSPS) is 10.3. The number of aliphatic imine (C=N–C) groups is 1. The predicted octanol–water partition coefficient (Wildman–Crippen LogP) is 2.06. The Kier molecular flexibility index (Phi) is 5.30. The number of hydrogen-bond acceptors (Lipinski definition) is 4. The minimum absolute atomic E-state index is 0.0359. The summed E-state index contributed by atoms with van der Waals surface area (Å²) in [5, 5.41) is 4.05. The van der Waals surface area contributed by atoms with Crippen LogP contribution in [-0.4, -0.2) is 47.5 Å². The lowest BCUT2D eigenvalue weighted by Crippen LogP contribution is -2.33. The molecular weight excluding hydrogens is 280 g/mol. The van der Waals surface area contributed by atoms with Gasteiger partial charge in [-0.05, 0) is 25.8 Å². The number of carbonyl (C=O) groups is 1. The van der Waals surface area contributed by atoms with Crippen molar-refractivity contribution in [1.82, 2.24) is 14.7 Å². The molecule has 116 valence electrons. The van der Waals surface area contributed by atoms with Crippen LogP contribution in [0.25, 0.3) is 0 Å². The molecule has 0 aliphatic carbocycles. The predicted molar refractivity (Wildman–Crippen MR) is 85.7 cm³/mol. The van der Waals surface area contributed by atoms with Gasteiger partial charge in [0.2, 0.25) is 5.91 Å². The van der Waals surface area contributed by atoms with Crippen molar-refractivity contribution >= 4 is 18.3 Å². The number of amides is 1. The van der Waals surface area contributed by atoms with Crippen LogP contribution in [0, 0.1) is 6.92 Å². The van der Waals surface area contributed by atoms with Gasteiger partial charge < -0.3 is 9.64 Å². The molecule has 0 N–H and O–H groups in total. The summed E-state index contributed by atoms with van der Waals surface area (Å²) in [7, 11) is 1.75. The molecule has 1 amide bonds. The third-order valence-corrected chi connectivity index (χ3v) is 3.24. The zero-order valence-corrected chi connectivity index (χ0v) is 12.9. The number of ether oxygens (including phenoxy) is 1. The summed E-state index contributed by atoms with van der Waals surface area (Å²) in [5.74, 6) is 0.770. The lowest BCUT2D eigenvalue weighted by molar-refractivity contribution is -0.131. The molecule has 0 bridgehead atoms. The molecule has 22 heavy (non-hydrogen) atoms. The smallest absolute Gasteiger partial charge is 0.244 e. The second-order valence-corrected chi connectivity index (χ2v) is 5.03. The standard InChI is InChI=1S/C16H20N4O2/c1-13-4-6-15(7-5-13)22-9-8-19(3)16(21)12-20-11-14(17-2)10-18-20/h4-7,10-11H,2,8-9,12H2,1,3H3. The van der Waals surface area contributed by atoms with Crippen molar-refractivity contribution in [2.24, 2.45) is 4.99 Å². The Morgan fingerprint density at radius 1 is 1.41 bits per heavy atom. The number of aryl methyl sites for hydroxylation is 1. The van der Waals surface area contributed by atoms with Gasteiger partial charge in [-0.25, -0.2) is 0 Å². The summed E-state index contributed by atoms with van der Waals surface area (Å²) in [6.45, 7) is 6.58. The fourth-order valence-electron chi connectivity index (χ4n) is 1.84. The zero-order chi connectivity index (χ0) is 15.9. The van der Waals surface area contributed by atoms with Crippen LogP contribution in [0.3, 0.4) is 0 Å². The Labute approximate surface area is 130 Å². The molecule has 0 saturated heterocycles. The minimum Gasteiger partial charge on any atom is -0.492 e. The van der Waals surface area contributed by atoms with Crippen molar-refractivity contribution in [3.05, 3.63) is 42.2 Å².